The third kappa shape index (κ3) is 4.23. The molecule has 0 spiro atoms. The lowest BCUT2D eigenvalue weighted by atomic mass is 9.83. The molecule has 0 heterocycles. The maximum absolute atomic E-state index is 8.71. The molecule has 0 amide bonds. The SMILES string of the molecule is C=C(C(CCCO)=NC)C(C)(C)C. The highest BCUT2D eigenvalue weighted by molar-refractivity contribution is 6.00. The molecule has 0 fully saturated rings. The average molecular weight is 183 g/mol. The van der Waals surface area contributed by atoms with E-state index in [1.165, 1.54) is 0 Å². The van der Waals surface area contributed by atoms with Crippen molar-refractivity contribution in [1.29, 1.82) is 0 Å². The van der Waals surface area contributed by atoms with Gasteiger partial charge < -0.3 is 5.11 Å². The van der Waals surface area contributed by atoms with Gasteiger partial charge in [-0.15, -0.1) is 0 Å². The summed E-state index contributed by atoms with van der Waals surface area (Å²) >= 11 is 0. The number of aliphatic hydroxyl groups excluding tert-OH is 1. The summed E-state index contributed by atoms with van der Waals surface area (Å²) < 4.78 is 0. The smallest absolute Gasteiger partial charge is 0.0434 e. The Bertz CT molecular complexity index is 199. The van der Waals surface area contributed by atoms with Gasteiger partial charge in [-0.25, -0.2) is 0 Å². The number of allylic oxidation sites excluding steroid dienone is 1. The van der Waals surface area contributed by atoms with Crippen LogP contribution < -0.4 is 0 Å². The Morgan fingerprint density at radius 3 is 2.23 bits per heavy atom. The van der Waals surface area contributed by atoms with Gasteiger partial charge in [-0.3, -0.25) is 4.99 Å². The van der Waals surface area contributed by atoms with Crippen LogP contribution in [0, 0.1) is 5.41 Å². The van der Waals surface area contributed by atoms with E-state index in [4.69, 9.17) is 5.11 Å². The molecular weight excluding hydrogens is 162 g/mol. The van der Waals surface area contributed by atoms with Crippen LogP contribution in [0.15, 0.2) is 17.1 Å². The van der Waals surface area contributed by atoms with Crippen molar-refractivity contribution in [3.8, 4) is 0 Å². The van der Waals surface area contributed by atoms with E-state index in [2.05, 4.69) is 32.3 Å². The van der Waals surface area contributed by atoms with Gasteiger partial charge in [-0.2, -0.15) is 0 Å². The molecule has 13 heavy (non-hydrogen) atoms. The Balaban J connectivity index is 4.35. The monoisotopic (exact) mass is 183 g/mol. The van der Waals surface area contributed by atoms with Gasteiger partial charge in [-0.05, 0) is 23.8 Å². The third-order valence-corrected chi connectivity index (χ3v) is 2.10. The molecule has 2 heteroatoms. The van der Waals surface area contributed by atoms with E-state index in [9.17, 15) is 0 Å². The van der Waals surface area contributed by atoms with Gasteiger partial charge in [-0.1, -0.05) is 27.4 Å². The zero-order chi connectivity index (χ0) is 10.5. The van der Waals surface area contributed by atoms with Gasteiger partial charge in [0.05, 0.1) is 0 Å². The maximum Gasteiger partial charge on any atom is 0.0434 e. The van der Waals surface area contributed by atoms with Crippen molar-refractivity contribution in [2.24, 2.45) is 10.4 Å². The van der Waals surface area contributed by atoms with Crippen LogP contribution in [0.3, 0.4) is 0 Å². The van der Waals surface area contributed by atoms with Gasteiger partial charge in [0.15, 0.2) is 0 Å². The summed E-state index contributed by atoms with van der Waals surface area (Å²) in [7, 11) is 1.78. The summed E-state index contributed by atoms with van der Waals surface area (Å²) in [5.41, 5.74) is 2.18. The first kappa shape index (κ1) is 12.4. The molecular formula is C11H21NO. The lowest BCUT2D eigenvalue weighted by Crippen LogP contribution is -2.17. The summed E-state index contributed by atoms with van der Waals surface area (Å²) in [5, 5.41) is 8.71. The van der Waals surface area contributed by atoms with Crippen LogP contribution in [0.1, 0.15) is 33.6 Å². The van der Waals surface area contributed by atoms with Gasteiger partial charge in [0.2, 0.25) is 0 Å². The van der Waals surface area contributed by atoms with Crippen molar-refractivity contribution in [3.05, 3.63) is 12.2 Å². The summed E-state index contributed by atoms with van der Waals surface area (Å²) in [5.74, 6) is 0. The minimum absolute atomic E-state index is 0.0737. The molecule has 0 unspecified atom stereocenters. The number of aliphatic imine (C=N–C) groups is 1. The molecule has 0 rings (SSSR count). The van der Waals surface area contributed by atoms with Crippen LogP contribution in [0.25, 0.3) is 0 Å². The topological polar surface area (TPSA) is 32.6 Å². The van der Waals surface area contributed by atoms with Crippen LogP contribution in [0.2, 0.25) is 0 Å². The second-order valence-electron chi connectivity index (χ2n) is 4.23. The average Bonchev–Trinajstić information content (AvgIpc) is 2.04. The molecule has 76 valence electrons. The molecule has 2 nitrogen and oxygen atoms in total. The van der Waals surface area contributed by atoms with Crippen molar-refractivity contribution in [2.75, 3.05) is 13.7 Å². The second kappa shape index (κ2) is 5.18. The first-order chi connectivity index (χ1) is 5.93. The molecule has 0 aliphatic heterocycles. The highest BCUT2D eigenvalue weighted by Crippen LogP contribution is 2.26. The lowest BCUT2D eigenvalue weighted by molar-refractivity contribution is 0.291. The zero-order valence-electron chi connectivity index (χ0n) is 9.22. The fourth-order valence-electron chi connectivity index (χ4n) is 1.08. The quantitative estimate of drug-likeness (QED) is 0.667. The lowest BCUT2D eigenvalue weighted by Gasteiger charge is -2.23. The molecule has 1 N–H and O–H groups in total. The number of rotatable bonds is 4. The fourth-order valence-corrected chi connectivity index (χ4v) is 1.08. The second-order valence-corrected chi connectivity index (χ2v) is 4.23. The standard InChI is InChI=1S/C11H21NO/c1-9(11(2,3)4)10(12-5)7-6-8-13/h13H,1,6-8H2,2-5H3. The van der Waals surface area contributed by atoms with Crippen LogP contribution in [-0.4, -0.2) is 24.5 Å². The van der Waals surface area contributed by atoms with Crippen LogP contribution in [0.5, 0.6) is 0 Å². The molecule has 0 atom stereocenters. The predicted octanol–water partition coefficient (Wildman–Crippen LogP) is 2.43. The van der Waals surface area contributed by atoms with E-state index < -0.39 is 0 Å². The van der Waals surface area contributed by atoms with E-state index in [-0.39, 0.29) is 12.0 Å². The minimum Gasteiger partial charge on any atom is -0.396 e. The van der Waals surface area contributed by atoms with Crippen molar-refractivity contribution < 1.29 is 5.11 Å². The Morgan fingerprint density at radius 1 is 1.38 bits per heavy atom. The normalized spacial score (nSPS) is 13.2. The largest absolute Gasteiger partial charge is 0.396 e. The predicted molar refractivity (Wildman–Crippen MR) is 58.3 cm³/mol. The van der Waals surface area contributed by atoms with Crippen LogP contribution in [-0.2, 0) is 0 Å². The molecule has 0 saturated heterocycles. The molecule has 0 aromatic carbocycles. The minimum atomic E-state index is 0.0737. The van der Waals surface area contributed by atoms with Crippen molar-refractivity contribution in [1.82, 2.24) is 0 Å². The van der Waals surface area contributed by atoms with Crippen molar-refractivity contribution in [3.63, 3.8) is 0 Å². The van der Waals surface area contributed by atoms with Crippen molar-refractivity contribution >= 4 is 5.71 Å². The van der Waals surface area contributed by atoms with Gasteiger partial charge in [0, 0.05) is 19.4 Å². The molecule has 0 aliphatic rings. The molecule has 0 aromatic heterocycles. The summed E-state index contributed by atoms with van der Waals surface area (Å²) in [6, 6.07) is 0. The van der Waals surface area contributed by atoms with Crippen molar-refractivity contribution in [2.45, 2.75) is 33.6 Å². The van der Waals surface area contributed by atoms with E-state index in [0.29, 0.717) is 0 Å². The number of nitrogens with zero attached hydrogens (tertiary/aromatic N) is 1. The van der Waals surface area contributed by atoms with Gasteiger partial charge in [0.1, 0.15) is 0 Å². The first-order valence-corrected chi connectivity index (χ1v) is 4.69. The summed E-state index contributed by atoms with van der Waals surface area (Å²) in [4.78, 5) is 4.20. The first-order valence-electron chi connectivity index (χ1n) is 4.69. The molecule has 0 saturated carbocycles. The fraction of sp³-hybridized carbons (Fsp3) is 0.727. The number of hydrogen-bond donors (Lipinski definition) is 1. The summed E-state index contributed by atoms with van der Waals surface area (Å²) in [6.07, 6.45) is 1.59. The van der Waals surface area contributed by atoms with Crippen LogP contribution >= 0.6 is 0 Å². The zero-order valence-corrected chi connectivity index (χ0v) is 9.22. The third-order valence-electron chi connectivity index (χ3n) is 2.10. The van der Waals surface area contributed by atoms with E-state index in [1.807, 2.05) is 0 Å². The Labute approximate surface area is 81.4 Å². The summed E-state index contributed by atoms with van der Waals surface area (Å²) in [6.45, 7) is 10.6. The van der Waals surface area contributed by atoms with Gasteiger partial charge in [0.25, 0.3) is 0 Å². The Hall–Kier alpha value is -0.630. The molecule has 0 aromatic rings. The van der Waals surface area contributed by atoms with E-state index in [1.54, 1.807) is 7.05 Å². The van der Waals surface area contributed by atoms with E-state index in [0.717, 1.165) is 24.1 Å². The molecule has 0 radical (unpaired) electrons. The number of hydrogen-bond acceptors (Lipinski definition) is 2. The van der Waals surface area contributed by atoms with E-state index >= 15 is 0 Å². The highest BCUT2D eigenvalue weighted by Gasteiger charge is 2.18. The maximum atomic E-state index is 8.71. The molecule has 0 bridgehead atoms. The Morgan fingerprint density at radius 2 is 1.92 bits per heavy atom. The number of aliphatic hydroxyl groups is 1. The molecule has 0 aliphatic carbocycles. The van der Waals surface area contributed by atoms with Crippen LogP contribution in [0.4, 0.5) is 0 Å². The van der Waals surface area contributed by atoms with Gasteiger partial charge >= 0.3 is 0 Å². The highest BCUT2D eigenvalue weighted by atomic mass is 16.2. The Kier molecular flexibility index (Phi) is 4.92.